The molecule has 0 aliphatic carbocycles. The first-order valence-corrected chi connectivity index (χ1v) is 10.2. The van der Waals surface area contributed by atoms with Gasteiger partial charge in [-0.05, 0) is 43.3 Å². The van der Waals surface area contributed by atoms with E-state index in [0.29, 0.717) is 6.04 Å². The van der Waals surface area contributed by atoms with Gasteiger partial charge in [0.2, 0.25) is 0 Å². The van der Waals surface area contributed by atoms with Crippen LogP contribution in [0, 0.1) is 5.92 Å². The third-order valence-corrected chi connectivity index (χ3v) is 6.01. The lowest BCUT2D eigenvalue weighted by molar-refractivity contribution is 0.140. The molecule has 0 amide bonds. The highest BCUT2D eigenvalue weighted by atomic mass is 32.1. The topological polar surface area (TPSA) is 57.5 Å². The smallest absolute Gasteiger partial charge is 0.191 e. The summed E-state index contributed by atoms with van der Waals surface area (Å²) < 4.78 is 1.82. The van der Waals surface area contributed by atoms with Crippen LogP contribution >= 0.6 is 11.3 Å². The number of hydrogen-bond donors (Lipinski definition) is 2. The van der Waals surface area contributed by atoms with Crippen molar-refractivity contribution in [1.29, 1.82) is 0 Å². The summed E-state index contributed by atoms with van der Waals surface area (Å²) >= 11 is 1.84. The first kappa shape index (κ1) is 18.9. The second-order valence-corrected chi connectivity index (χ2v) is 8.06. The van der Waals surface area contributed by atoms with Crippen LogP contribution in [0.2, 0.25) is 0 Å². The standard InChI is InChI=1S/C19H30N6S/c1-15-6-8-25(9-7-15)17(18-5-4-10-26-18)13-22-19(20-2)21-11-16-12-23-24(3)14-16/h4-5,10,12,14-15,17H,6-9,11,13H2,1-3H3,(H2,20,21,22). The van der Waals surface area contributed by atoms with Gasteiger partial charge in [-0.15, -0.1) is 11.3 Å². The molecule has 3 rings (SSSR count). The Balaban J connectivity index is 1.57. The maximum absolute atomic E-state index is 4.37. The third-order valence-electron chi connectivity index (χ3n) is 5.04. The minimum atomic E-state index is 0.402. The zero-order chi connectivity index (χ0) is 18.4. The van der Waals surface area contributed by atoms with E-state index in [-0.39, 0.29) is 0 Å². The molecule has 3 heterocycles. The molecule has 0 spiro atoms. The van der Waals surface area contributed by atoms with Crippen LogP contribution in [0.4, 0.5) is 0 Å². The molecule has 0 saturated carbocycles. The van der Waals surface area contributed by atoms with Crippen LogP contribution < -0.4 is 10.6 Å². The average molecular weight is 375 g/mol. The fourth-order valence-corrected chi connectivity index (χ4v) is 4.25. The summed E-state index contributed by atoms with van der Waals surface area (Å²) in [4.78, 5) is 8.42. The second kappa shape index (κ2) is 9.19. The molecule has 1 saturated heterocycles. The van der Waals surface area contributed by atoms with Crippen molar-refractivity contribution < 1.29 is 0 Å². The molecule has 26 heavy (non-hydrogen) atoms. The Labute approximate surface area is 160 Å². The van der Waals surface area contributed by atoms with Gasteiger partial charge in [0.15, 0.2) is 5.96 Å². The number of rotatable bonds is 6. The van der Waals surface area contributed by atoms with E-state index in [2.05, 4.69) is 50.1 Å². The first-order valence-electron chi connectivity index (χ1n) is 9.35. The molecule has 1 aliphatic heterocycles. The van der Waals surface area contributed by atoms with Crippen LogP contribution in [0.1, 0.15) is 36.2 Å². The Morgan fingerprint density at radius 2 is 2.19 bits per heavy atom. The molecule has 0 aromatic carbocycles. The van der Waals surface area contributed by atoms with Gasteiger partial charge in [0, 0.05) is 43.8 Å². The van der Waals surface area contributed by atoms with Crippen LogP contribution in [0.25, 0.3) is 0 Å². The number of aromatic nitrogens is 2. The Morgan fingerprint density at radius 1 is 1.38 bits per heavy atom. The van der Waals surface area contributed by atoms with Crippen molar-refractivity contribution in [2.24, 2.45) is 18.0 Å². The minimum Gasteiger partial charge on any atom is -0.354 e. The summed E-state index contributed by atoms with van der Waals surface area (Å²) in [7, 11) is 3.75. The lowest BCUT2D eigenvalue weighted by Crippen LogP contribution is -2.44. The van der Waals surface area contributed by atoms with Crippen LogP contribution in [0.15, 0.2) is 34.9 Å². The summed E-state index contributed by atoms with van der Waals surface area (Å²) in [6.45, 7) is 6.29. The Hall–Kier alpha value is -1.86. The van der Waals surface area contributed by atoms with E-state index >= 15 is 0 Å². The van der Waals surface area contributed by atoms with Crippen molar-refractivity contribution in [2.45, 2.75) is 32.4 Å². The van der Waals surface area contributed by atoms with Crippen molar-refractivity contribution in [1.82, 2.24) is 25.3 Å². The predicted molar refractivity (Wildman–Crippen MR) is 108 cm³/mol. The molecule has 6 nitrogen and oxygen atoms in total. The van der Waals surface area contributed by atoms with Crippen LogP contribution in [-0.4, -0.2) is 47.3 Å². The summed E-state index contributed by atoms with van der Waals surface area (Å²) in [5.74, 6) is 1.68. The summed E-state index contributed by atoms with van der Waals surface area (Å²) in [6, 6.07) is 4.80. The van der Waals surface area contributed by atoms with Gasteiger partial charge in [0.25, 0.3) is 0 Å². The Bertz CT molecular complexity index is 685. The molecule has 1 atom stereocenters. The van der Waals surface area contributed by atoms with Crippen LogP contribution in [0.5, 0.6) is 0 Å². The van der Waals surface area contributed by atoms with Crippen molar-refractivity contribution in [3.05, 3.63) is 40.3 Å². The van der Waals surface area contributed by atoms with Gasteiger partial charge in [0.1, 0.15) is 0 Å². The van der Waals surface area contributed by atoms with Gasteiger partial charge in [0.05, 0.1) is 12.2 Å². The van der Waals surface area contributed by atoms with Crippen molar-refractivity contribution in [2.75, 3.05) is 26.7 Å². The molecule has 0 radical (unpaired) electrons. The highest BCUT2D eigenvalue weighted by Crippen LogP contribution is 2.28. The fourth-order valence-electron chi connectivity index (χ4n) is 3.39. The number of piperidine rings is 1. The molecular weight excluding hydrogens is 344 g/mol. The van der Waals surface area contributed by atoms with E-state index in [9.17, 15) is 0 Å². The zero-order valence-corrected chi connectivity index (χ0v) is 16.8. The molecule has 0 bridgehead atoms. The van der Waals surface area contributed by atoms with E-state index < -0.39 is 0 Å². The number of nitrogens with zero attached hydrogens (tertiary/aromatic N) is 4. The number of aliphatic imine (C=N–C) groups is 1. The lowest BCUT2D eigenvalue weighted by atomic mass is 9.97. The Kier molecular flexibility index (Phi) is 6.68. The summed E-state index contributed by atoms with van der Waals surface area (Å²) in [5.41, 5.74) is 1.15. The van der Waals surface area contributed by atoms with Gasteiger partial charge in [-0.3, -0.25) is 14.6 Å². The van der Waals surface area contributed by atoms with Gasteiger partial charge < -0.3 is 10.6 Å². The van der Waals surface area contributed by atoms with Gasteiger partial charge >= 0.3 is 0 Å². The van der Waals surface area contributed by atoms with Crippen LogP contribution in [-0.2, 0) is 13.6 Å². The maximum atomic E-state index is 4.37. The molecule has 142 valence electrons. The largest absolute Gasteiger partial charge is 0.354 e. The number of hydrogen-bond acceptors (Lipinski definition) is 4. The molecule has 1 aliphatic rings. The van der Waals surface area contributed by atoms with Crippen molar-refractivity contribution >= 4 is 17.3 Å². The lowest BCUT2D eigenvalue weighted by Gasteiger charge is -2.36. The molecule has 1 unspecified atom stereocenters. The Morgan fingerprint density at radius 3 is 2.81 bits per heavy atom. The SMILES string of the molecule is CN=C(NCc1cnn(C)c1)NCC(c1cccs1)N1CCC(C)CC1. The van der Waals surface area contributed by atoms with Crippen molar-refractivity contribution in [3.8, 4) is 0 Å². The van der Waals surface area contributed by atoms with Gasteiger partial charge in [-0.25, -0.2) is 0 Å². The van der Waals surface area contributed by atoms with E-state index in [1.807, 2.05) is 42.5 Å². The number of aryl methyl sites for hydroxylation is 1. The van der Waals surface area contributed by atoms with E-state index in [1.165, 1.54) is 30.8 Å². The maximum Gasteiger partial charge on any atom is 0.191 e. The van der Waals surface area contributed by atoms with Gasteiger partial charge in [-0.2, -0.15) is 5.10 Å². The molecule has 2 N–H and O–H groups in total. The third kappa shape index (κ3) is 5.08. The quantitative estimate of drug-likeness (QED) is 0.603. The number of thiophene rings is 1. The summed E-state index contributed by atoms with van der Waals surface area (Å²) in [6.07, 6.45) is 6.47. The second-order valence-electron chi connectivity index (χ2n) is 7.08. The van der Waals surface area contributed by atoms with Crippen molar-refractivity contribution in [3.63, 3.8) is 0 Å². The molecule has 7 heteroatoms. The first-order chi connectivity index (χ1) is 12.7. The van der Waals surface area contributed by atoms with Gasteiger partial charge in [-0.1, -0.05) is 13.0 Å². The molecular formula is C19H30N6S. The number of nitrogens with one attached hydrogen (secondary N) is 2. The van der Waals surface area contributed by atoms with Crippen LogP contribution in [0.3, 0.4) is 0 Å². The highest BCUT2D eigenvalue weighted by Gasteiger charge is 2.25. The number of likely N-dealkylation sites (tertiary alicyclic amines) is 1. The summed E-state index contributed by atoms with van der Waals surface area (Å²) in [5, 5.41) is 13.3. The predicted octanol–water partition coefficient (Wildman–Crippen LogP) is 2.62. The monoisotopic (exact) mass is 374 g/mol. The molecule has 1 fully saturated rings. The van der Waals surface area contributed by atoms with E-state index in [4.69, 9.17) is 0 Å². The molecule has 2 aromatic heterocycles. The minimum absolute atomic E-state index is 0.402. The average Bonchev–Trinajstić information content (AvgIpc) is 3.31. The number of guanidine groups is 1. The van der Waals surface area contributed by atoms with E-state index in [0.717, 1.165) is 30.5 Å². The zero-order valence-electron chi connectivity index (χ0n) is 16.0. The van der Waals surface area contributed by atoms with E-state index in [1.54, 1.807) is 0 Å². The highest BCUT2D eigenvalue weighted by molar-refractivity contribution is 7.10. The normalized spacial score (nSPS) is 18.0. The molecule has 2 aromatic rings. The fraction of sp³-hybridized carbons (Fsp3) is 0.579.